The first-order valence-electron chi connectivity index (χ1n) is 10.5. The van der Waals surface area contributed by atoms with Gasteiger partial charge < -0.3 is 10.2 Å². The zero-order valence-corrected chi connectivity index (χ0v) is 21.0. The number of para-hydroxylation sites is 1. The van der Waals surface area contributed by atoms with E-state index in [4.69, 9.17) is 0 Å². The van der Waals surface area contributed by atoms with E-state index in [1.165, 1.54) is 4.90 Å². The van der Waals surface area contributed by atoms with Gasteiger partial charge in [0.05, 0.1) is 11.9 Å². The SMILES string of the molecule is CCCNC(=O)C(C)N(CCc1ccccc1)C(=O)CN(c1ccccc1Br)S(C)(=O)=O. The predicted molar refractivity (Wildman–Crippen MR) is 131 cm³/mol. The second kappa shape index (κ2) is 12.0. The molecule has 9 heteroatoms. The summed E-state index contributed by atoms with van der Waals surface area (Å²) in [5.74, 6) is -0.707. The lowest BCUT2D eigenvalue weighted by molar-refractivity contribution is -0.138. The normalized spacial score (nSPS) is 12.1. The van der Waals surface area contributed by atoms with E-state index in [1.54, 1.807) is 31.2 Å². The number of hydrogen-bond donors (Lipinski definition) is 1. The maximum Gasteiger partial charge on any atom is 0.244 e. The van der Waals surface area contributed by atoms with Crippen LogP contribution < -0.4 is 9.62 Å². The van der Waals surface area contributed by atoms with Crippen LogP contribution in [0, 0.1) is 0 Å². The van der Waals surface area contributed by atoms with Crippen LogP contribution in [0.2, 0.25) is 0 Å². The molecule has 174 valence electrons. The maximum atomic E-state index is 13.4. The van der Waals surface area contributed by atoms with Crippen LogP contribution in [0.1, 0.15) is 25.8 Å². The Balaban J connectivity index is 2.29. The van der Waals surface area contributed by atoms with Gasteiger partial charge in [0.2, 0.25) is 21.8 Å². The molecule has 0 bridgehead atoms. The standard InChI is InChI=1S/C23H30BrN3O4S/c1-4-15-25-23(29)18(2)26(16-14-19-10-6-5-7-11-19)22(28)17-27(32(3,30)31)21-13-9-8-12-20(21)24/h5-13,18H,4,14-17H2,1-3H3,(H,25,29). The minimum atomic E-state index is -3.74. The van der Waals surface area contributed by atoms with Crippen molar-refractivity contribution in [2.45, 2.75) is 32.7 Å². The summed E-state index contributed by atoms with van der Waals surface area (Å²) >= 11 is 3.36. The number of carbonyl (C=O) groups excluding carboxylic acids is 2. The van der Waals surface area contributed by atoms with Crippen molar-refractivity contribution in [3.63, 3.8) is 0 Å². The first kappa shape index (κ1) is 25.9. The summed E-state index contributed by atoms with van der Waals surface area (Å²) in [5, 5.41) is 2.82. The molecule has 1 N–H and O–H groups in total. The molecule has 7 nitrogen and oxygen atoms in total. The van der Waals surface area contributed by atoms with Gasteiger partial charge in [-0.05, 0) is 53.4 Å². The fourth-order valence-electron chi connectivity index (χ4n) is 3.21. The zero-order valence-electron chi connectivity index (χ0n) is 18.6. The first-order chi connectivity index (χ1) is 15.1. The number of sulfonamides is 1. The Morgan fingerprint density at radius 1 is 1.06 bits per heavy atom. The molecule has 0 fully saturated rings. The highest BCUT2D eigenvalue weighted by Crippen LogP contribution is 2.27. The number of anilines is 1. The minimum Gasteiger partial charge on any atom is -0.354 e. The van der Waals surface area contributed by atoms with E-state index in [9.17, 15) is 18.0 Å². The molecular weight excluding hydrogens is 494 g/mol. The monoisotopic (exact) mass is 523 g/mol. The lowest BCUT2D eigenvalue weighted by Gasteiger charge is -2.31. The topological polar surface area (TPSA) is 86.8 Å². The van der Waals surface area contributed by atoms with Gasteiger partial charge in [0.15, 0.2) is 0 Å². The Morgan fingerprint density at radius 3 is 2.28 bits per heavy atom. The van der Waals surface area contributed by atoms with E-state index in [2.05, 4.69) is 21.2 Å². The van der Waals surface area contributed by atoms with Crippen LogP contribution in [-0.4, -0.2) is 57.1 Å². The third-order valence-electron chi connectivity index (χ3n) is 5.00. The molecule has 2 amide bonds. The van der Waals surface area contributed by atoms with Crippen molar-refractivity contribution in [1.29, 1.82) is 0 Å². The highest BCUT2D eigenvalue weighted by Gasteiger charge is 2.30. The average Bonchev–Trinajstić information content (AvgIpc) is 2.76. The fraction of sp³-hybridized carbons (Fsp3) is 0.391. The van der Waals surface area contributed by atoms with Crippen molar-refractivity contribution in [3.8, 4) is 0 Å². The number of halogens is 1. The molecule has 1 unspecified atom stereocenters. The first-order valence-corrected chi connectivity index (χ1v) is 13.1. The molecular formula is C23H30BrN3O4S. The summed E-state index contributed by atoms with van der Waals surface area (Å²) < 4.78 is 26.7. The van der Waals surface area contributed by atoms with Gasteiger partial charge in [0, 0.05) is 17.6 Å². The Labute approximate surface area is 199 Å². The molecule has 0 aliphatic rings. The summed E-state index contributed by atoms with van der Waals surface area (Å²) in [7, 11) is -3.74. The molecule has 2 rings (SSSR count). The summed E-state index contributed by atoms with van der Waals surface area (Å²) in [6, 6.07) is 15.7. The summed E-state index contributed by atoms with van der Waals surface area (Å²) in [5.41, 5.74) is 1.40. The number of benzene rings is 2. The van der Waals surface area contributed by atoms with E-state index in [1.807, 2.05) is 37.3 Å². The van der Waals surface area contributed by atoms with Crippen LogP contribution in [0.25, 0.3) is 0 Å². The van der Waals surface area contributed by atoms with Crippen LogP contribution in [0.3, 0.4) is 0 Å². The number of carbonyl (C=O) groups is 2. The summed E-state index contributed by atoms with van der Waals surface area (Å²) in [6.07, 6.45) is 2.39. The van der Waals surface area contributed by atoms with E-state index < -0.39 is 28.5 Å². The van der Waals surface area contributed by atoms with E-state index in [0.29, 0.717) is 23.1 Å². The van der Waals surface area contributed by atoms with E-state index in [-0.39, 0.29) is 12.5 Å². The molecule has 0 aliphatic heterocycles. The molecule has 2 aromatic rings. The van der Waals surface area contributed by atoms with Crippen LogP contribution in [0.4, 0.5) is 5.69 Å². The van der Waals surface area contributed by atoms with Gasteiger partial charge in [0.25, 0.3) is 0 Å². The molecule has 0 heterocycles. The summed E-state index contributed by atoms with van der Waals surface area (Å²) in [4.78, 5) is 27.4. The van der Waals surface area contributed by atoms with Gasteiger partial charge in [-0.25, -0.2) is 8.42 Å². The van der Waals surface area contributed by atoms with Gasteiger partial charge in [0.1, 0.15) is 12.6 Å². The van der Waals surface area contributed by atoms with Crippen molar-refractivity contribution >= 4 is 43.5 Å². The number of hydrogen-bond acceptors (Lipinski definition) is 4. The third-order valence-corrected chi connectivity index (χ3v) is 6.80. The molecule has 32 heavy (non-hydrogen) atoms. The number of nitrogens with one attached hydrogen (secondary N) is 1. The van der Waals surface area contributed by atoms with Gasteiger partial charge in [-0.2, -0.15) is 0 Å². The second-order valence-electron chi connectivity index (χ2n) is 7.51. The quantitative estimate of drug-likeness (QED) is 0.489. The van der Waals surface area contributed by atoms with Crippen molar-refractivity contribution < 1.29 is 18.0 Å². The Kier molecular flexibility index (Phi) is 9.71. The second-order valence-corrected chi connectivity index (χ2v) is 10.3. The fourth-order valence-corrected chi connectivity index (χ4v) is 4.69. The lowest BCUT2D eigenvalue weighted by atomic mass is 10.1. The maximum absolute atomic E-state index is 13.4. The van der Waals surface area contributed by atoms with Crippen LogP contribution in [0.15, 0.2) is 59.1 Å². The largest absolute Gasteiger partial charge is 0.354 e. The minimum absolute atomic E-state index is 0.264. The van der Waals surface area contributed by atoms with Crippen molar-refractivity contribution in [1.82, 2.24) is 10.2 Å². The van der Waals surface area contributed by atoms with Crippen molar-refractivity contribution in [2.75, 3.05) is 30.2 Å². The smallest absolute Gasteiger partial charge is 0.244 e. The van der Waals surface area contributed by atoms with E-state index >= 15 is 0 Å². The number of nitrogens with zero attached hydrogens (tertiary/aromatic N) is 2. The van der Waals surface area contributed by atoms with Gasteiger partial charge in [-0.15, -0.1) is 0 Å². The zero-order chi connectivity index (χ0) is 23.7. The Hall–Kier alpha value is -2.39. The average molecular weight is 524 g/mol. The molecule has 2 aromatic carbocycles. The molecule has 0 saturated carbocycles. The Morgan fingerprint density at radius 2 is 1.69 bits per heavy atom. The van der Waals surface area contributed by atoms with Crippen LogP contribution in [-0.2, 0) is 26.0 Å². The third kappa shape index (κ3) is 7.34. The Bertz CT molecular complexity index is 1010. The molecule has 0 radical (unpaired) electrons. The number of rotatable bonds is 11. The molecule has 0 saturated heterocycles. The highest BCUT2D eigenvalue weighted by atomic mass is 79.9. The molecule has 0 aliphatic carbocycles. The summed E-state index contributed by atoms with van der Waals surface area (Å²) in [6.45, 7) is 4.01. The van der Waals surface area contributed by atoms with Gasteiger partial charge in [-0.1, -0.05) is 49.4 Å². The predicted octanol–water partition coefficient (Wildman–Crippen LogP) is 3.20. The van der Waals surface area contributed by atoms with Gasteiger partial charge >= 0.3 is 0 Å². The van der Waals surface area contributed by atoms with Crippen LogP contribution >= 0.6 is 15.9 Å². The van der Waals surface area contributed by atoms with Gasteiger partial charge in [-0.3, -0.25) is 13.9 Å². The number of amides is 2. The van der Waals surface area contributed by atoms with Crippen molar-refractivity contribution in [3.05, 3.63) is 64.6 Å². The molecule has 0 aromatic heterocycles. The highest BCUT2D eigenvalue weighted by molar-refractivity contribution is 9.10. The van der Waals surface area contributed by atoms with Crippen molar-refractivity contribution in [2.24, 2.45) is 0 Å². The van der Waals surface area contributed by atoms with E-state index in [0.717, 1.165) is 22.5 Å². The molecule has 0 spiro atoms. The molecule has 1 atom stereocenters. The van der Waals surface area contributed by atoms with Crippen LogP contribution in [0.5, 0.6) is 0 Å². The lowest BCUT2D eigenvalue weighted by Crippen LogP contribution is -2.52.